The molecule has 158 valence electrons. The van der Waals surface area contributed by atoms with Gasteiger partial charge in [-0.15, -0.1) is 0 Å². The molecule has 0 unspecified atom stereocenters. The van der Waals surface area contributed by atoms with E-state index in [4.69, 9.17) is 17.0 Å². The summed E-state index contributed by atoms with van der Waals surface area (Å²) in [5, 5.41) is 2.35. The molecule has 0 aliphatic carbocycles. The number of halogens is 1. The zero-order chi connectivity index (χ0) is 21.8. The lowest BCUT2D eigenvalue weighted by Gasteiger charge is -2.36. The topological polar surface area (TPSA) is 120 Å². The van der Waals surface area contributed by atoms with Crippen molar-refractivity contribution in [3.8, 4) is 0 Å². The number of benzene rings is 1. The molecule has 1 aromatic heterocycles. The number of fused-ring (bicyclic) bond motifs is 1. The third-order valence-electron chi connectivity index (χ3n) is 4.33. The molecule has 9 nitrogen and oxygen atoms in total. The van der Waals surface area contributed by atoms with Crippen molar-refractivity contribution < 1.29 is 22.3 Å². The van der Waals surface area contributed by atoms with Crippen molar-refractivity contribution in [3.05, 3.63) is 28.3 Å². The van der Waals surface area contributed by atoms with E-state index in [0.717, 1.165) is 4.31 Å². The van der Waals surface area contributed by atoms with Gasteiger partial charge in [-0.25, -0.2) is 26.9 Å². The third kappa shape index (κ3) is 4.27. The van der Waals surface area contributed by atoms with Crippen LogP contribution < -0.4 is 5.32 Å². The number of aliphatic imine (C=N–C) groups is 1. The van der Waals surface area contributed by atoms with Gasteiger partial charge in [0, 0.05) is 12.6 Å². The molecule has 3 N–H and O–H groups in total. The SMILES string of the molecule is CN1C(NC(=O)OC(C)(C)C)=N[C@](C)(c2cc3[nH]c(=S)[nH]c3cc2F)CS1(=O)=O. The molecule has 0 radical (unpaired) electrons. The van der Waals surface area contributed by atoms with Gasteiger partial charge in [0.05, 0.1) is 16.8 Å². The van der Waals surface area contributed by atoms with Crippen LogP contribution in [0.1, 0.15) is 33.3 Å². The lowest BCUT2D eigenvalue weighted by molar-refractivity contribution is 0.0559. The zero-order valence-electron chi connectivity index (χ0n) is 16.6. The Hall–Kier alpha value is -2.47. The number of guanidine groups is 1. The van der Waals surface area contributed by atoms with Gasteiger partial charge in [0.15, 0.2) is 4.77 Å². The van der Waals surface area contributed by atoms with Gasteiger partial charge in [-0.1, -0.05) is 0 Å². The van der Waals surface area contributed by atoms with Gasteiger partial charge in [0.2, 0.25) is 16.0 Å². The Morgan fingerprint density at radius 3 is 2.52 bits per heavy atom. The number of hydrogen-bond donors (Lipinski definition) is 3. The van der Waals surface area contributed by atoms with Crippen molar-refractivity contribution >= 4 is 45.3 Å². The van der Waals surface area contributed by atoms with Crippen LogP contribution in [0.3, 0.4) is 0 Å². The highest BCUT2D eigenvalue weighted by molar-refractivity contribution is 7.89. The van der Waals surface area contributed by atoms with E-state index in [0.29, 0.717) is 15.8 Å². The summed E-state index contributed by atoms with van der Waals surface area (Å²) < 4.78 is 46.6. The van der Waals surface area contributed by atoms with Crippen LogP contribution in [-0.2, 0) is 20.3 Å². The van der Waals surface area contributed by atoms with Gasteiger partial charge in [-0.2, -0.15) is 0 Å². The van der Waals surface area contributed by atoms with E-state index in [-0.39, 0.29) is 11.5 Å². The van der Waals surface area contributed by atoms with Crippen LogP contribution in [0.2, 0.25) is 0 Å². The molecule has 29 heavy (non-hydrogen) atoms. The van der Waals surface area contributed by atoms with E-state index in [1.165, 1.54) is 26.1 Å². The van der Waals surface area contributed by atoms with Crippen molar-refractivity contribution in [2.24, 2.45) is 4.99 Å². The van der Waals surface area contributed by atoms with Crippen LogP contribution in [-0.4, -0.2) is 53.1 Å². The van der Waals surface area contributed by atoms with E-state index < -0.39 is 38.8 Å². The summed E-state index contributed by atoms with van der Waals surface area (Å²) in [6.45, 7) is 6.50. The molecule has 0 spiro atoms. The predicted molar refractivity (Wildman–Crippen MR) is 109 cm³/mol. The Labute approximate surface area is 172 Å². The number of H-pyrrole nitrogens is 2. The second-order valence-corrected chi connectivity index (χ2v) is 10.4. The normalized spacial score (nSPS) is 21.7. The van der Waals surface area contributed by atoms with Crippen molar-refractivity contribution in [1.82, 2.24) is 19.6 Å². The first-order valence-electron chi connectivity index (χ1n) is 8.69. The molecule has 12 heteroatoms. The molecule has 1 amide bonds. The fourth-order valence-electron chi connectivity index (χ4n) is 3.03. The van der Waals surface area contributed by atoms with Gasteiger partial charge < -0.3 is 14.7 Å². The van der Waals surface area contributed by atoms with E-state index in [1.54, 1.807) is 20.8 Å². The summed E-state index contributed by atoms with van der Waals surface area (Å²) in [4.78, 5) is 22.2. The number of carbonyl (C=O) groups excluding carboxylic acids is 1. The second kappa shape index (κ2) is 6.80. The molecule has 2 aromatic rings. The fraction of sp³-hybridized carbons (Fsp3) is 0.471. The van der Waals surface area contributed by atoms with Gasteiger partial charge >= 0.3 is 6.09 Å². The molecule has 3 rings (SSSR count). The van der Waals surface area contributed by atoms with E-state index in [1.807, 2.05) is 0 Å². The van der Waals surface area contributed by atoms with Crippen LogP contribution in [0.5, 0.6) is 0 Å². The summed E-state index contributed by atoms with van der Waals surface area (Å²) in [6.07, 6.45) is -0.867. The number of carbonyl (C=O) groups is 1. The standard InChI is InChI=1S/C17H22FN5O4S2/c1-16(2,3)27-15(24)21-13-22-17(4,8-29(25,26)23(13)5)9-6-11-12(7-10(9)18)20-14(28)19-11/h6-7H,8H2,1-5H3,(H2,19,20,28)(H,21,22,24)/t17-/m0/s1. The number of hydrogen-bond acceptors (Lipinski definition) is 6. The lowest BCUT2D eigenvalue weighted by Crippen LogP contribution is -2.54. The molecule has 1 aromatic carbocycles. The van der Waals surface area contributed by atoms with Crippen molar-refractivity contribution in [1.29, 1.82) is 0 Å². The molecule has 1 aliphatic rings. The maximum absolute atomic E-state index is 14.9. The number of aromatic amines is 2. The quantitative estimate of drug-likeness (QED) is 0.586. The number of alkyl carbamates (subject to hydrolysis) is 1. The number of aromatic nitrogens is 2. The predicted octanol–water partition coefficient (Wildman–Crippen LogP) is 2.74. The number of rotatable bonds is 1. The number of nitrogens with zero attached hydrogens (tertiary/aromatic N) is 2. The average Bonchev–Trinajstić information content (AvgIpc) is 2.88. The van der Waals surface area contributed by atoms with Crippen molar-refractivity contribution in [2.75, 3.05) is 12.8 Å². The number of amides is 1. The Balaban J connectivity index is 2.09. The summed E-state index contributed by atoms with van der Waals surface area (Å²) in [7, 11) is -2.64. The van der Waals surface area contributed by atoms with Gasteiger partial charge in [-0.3, -0.25) is 5.32 Å². The van der Waals surface area contributed by atoms with E-state index >= 15 is 0 Å². The molecular formula is C17H22FN5O4S2. The van der Waals surface area contributed by atoms with Crippen molar-refractivity contribution in [3.63, 3.8) is 0 Å². The van der Waals surface area contributed by atoms with E-state index in [9.17, 15) is 17.6 Å². The first-order chi connectivity index (χ1) is 13.2. The van der Waals surface area contributed by atoms with Crippen LogP contribution >= 0.6 is 12.2 Å². The summed E-state index contributed by atoms with van der Waals surface area (Å²) in [6, 6.07) is 2.69. The Bertz CT molecular complexity index is 1180. The number of sulfonamides is 1. The Morgan fingerprint density at radius 2 is 1.93 bits per heavy atom. The Kier molecular flexibility index (Phi) is 4.98. The number of nitrogens with one attached hydrogen (secondary N) is 3. The highest BCUT2D eigenvalue weighted by atomic mass is 32.2. The molecule has 0 fully saturated rings. The van der Waals surface area contributed by atoms with Gasteiger partial charge in [-0.05, 0) is 52.0 Å². The summed E-state index contributed by atoms with van der Waals surface area (Å²) in [5.74, 6) is -1.39. The monoisotopic (exact) mass is 443 g/mol. The first-order valence-corrected chi connectivity index (χ1v) is 10.7. The lowest BCUT2D eigenvalue weighted by atomic mass is 9.93. The second-order valence-electron chi connectivity index (χ2n) is 8.02. The Morgan fingerprint density at radius 1 is 1.34 bits per heavy atom. The number of imidazole rings is 1. The maximum Gasteiger partial charge on any atom is 0.414 e. The third-order valence-corrected chi connectivity index (χ3v) is 6.47. The smallest absolute Gasteiger partial charge is 0.414 e. The van der Waals surface area contributed by atoms with Crippen LogP contribution in [0.25, 0.3) is 11.0 Å². The van der Waals surface area contributed by atoms with Gasteiger partial charge in [0.1, 0.15) is 17.0 Å². The number of ether oxygens (including phenoxy) is 1. The highest BCUT2D eigenvalue weighted by Gasteiger charge is 2.43. The fourth-order valence-corrected chi connectivity index (χ4v) is 4.72. The van der Waals surface area contributed by atoms with Crippen LogP contribution in [0, 0.1) is 10.6 Å². The van der Waals surface area contributed by atoms with Crippen molar-refractivity contribution in [2.45, 2.75) is 38.8 Å². The highest BCUT2D eigenvalue weighted by Crippen LogP contribution is 2.35. The maximum atomic E-state index is 14.9. The molecule has 1 atom stereocenters. The van der Waals surface area contributed by atoms with E-state index in [2.05, 4.69) is 20.3 Å². The average molecular weight is 444 g/mol. The minimum atomic E-state index is -3.89. The minimum Gasteiger partial charge on any atom is -0.444 e. The molecule has 0 bridgehead atoms. The molecule has 0 saturated heterocycles. The minimum absolute atomic E-state index is 0.0513. The van der Waals surface area contributed by atoms with Crippen LogP contribution in [0.4, 0.5) is 9.18 Å². The molecule has 1 aliphatic heterocycles. The summed E-state index contributed by atoms with van der Waals surface area (Å²) in [5.41, 5.74) is -1.26. The molecule has 0 saturated carbocycles. The largest absolute Gasteiger partial charge is 0.444 e. The molecular weight excluding hydrogens is 421 g/mol. The zero-order valence-corrected chi connectivity index (χ0v) is 18.2. The molecule has 2 heterocycles. The van der Waals surface area contributed by atoms with Gasteiger partial charge in [0.25, 0.3) is 0 Å². The van der Waals surface area contributed by atoms with Crippen LogP contribution in [0.15, 0.2) is 17.1 Å². The summed E-state index contributed by atoms with van der Waals surface area (Å²) >= 11 is 5.02. The first kappa shape index (κ1) is 21.2.